The number of halogens is 1. The van der Waals surface area contributed by atoms with Crippen LogP contribution in [0.25, 0.3) is 0 Å². The van der Waals surface area contributed by atoms with Gasteiger partial charge in [0.25, 0.3) is 5.69 Å². The van der Waals surface area contributed by atoms with E-state index >= 15 is 0 Å². The molecule has 6 nitrogen and oxygen atoms in total. The Hall–Kier alpha value is -3.14. The summed E-state index contributed by atoms with van der Waals surface area (Å²) in [5, 5.41) is 22.6. The lowest BCUT2D eigenvalue weighted by molar-refractivity contribution is -0.384. The topological polar surface area (TPSA) is 88.2 Å². The highest BCUT2D eigenvalue weighted by atomic mass is 19.1. The van der Waals surface area contributed by atoms with E-state index in [0.29, 0.717) is 17.1 Å². The van der Waals surface area contributed by atoms with Crippen molar-refractivity contribution in [2.75, 3.05) is 12.4 Å². The average Bonchev–Trinajstić information content (AvgIpc) is 2.46. The number of nitriles is 1. The van der Waals surface area contributed by atoms with E-state index in [4.69, 9.17) is 10.00 Å². The highest BCUT2D eigenvalue weighted by molar-refractivity contribution is 5.69. The lowest BCUT2D eigenvalue weighted by Crippen LogP contribution is -1.97. The molecule has 0 aliphatic rings. The number of nitrogens with one attached hydrogen (secondary N) is 1. The number of benzene rings is 2. The number of hydrogen-bond acceptors (Lipinski definition) is 5. The molecule has 0 bridgehead atoms. The number of nitro benzene ring substituents is 1. The van der Waals surface area contributed by atoms with Gasteiger partial charge in [-0.2, -0.15) is 5.26 Å². The second-order valence-electron chi connectivity index (χ2n) is 4.10. The molecular weight excluding hydrogens is 277 g/mol. The average molecular weight is 287 g/mol. The Morgan fingerprint density at radius 1 is 1.33 bits per heavy atom. The number of non-ortho nitro benzene ring substituents is 1. The molecule has 0 atom stereocenters. The first-order valence-electron chi connectivity index (χ1n) is 5.83. The number of hydrogen-bond donors (Lipinski definition) is 1. The van der Waals surface area contributed by atoms with Gasteiger partial charge in [0.05, 0.1) is 23.3 Å². The Balaban J connectivity index is 2.38. The van der Waals surface area contributed by atoms with Crippen molar-refractivity contribution in [1.29, 1.82) is 5.26 Å². The molecule has 0 fully saturated rings. The number of nitro groups is 1. The minimum absolute atomic E-state index is 0.0902. The van der Waals surface area contributed by atoms with E-state index in [-0.39, 0.29) is 11.3 Å². The fraction of sp³-hybridized carbons (Fsp3) is 0.0714. The summed E-state index contributed by atoms with van der Waals surface area (Å²) in [5.74, 6) is -0.185. The van der Waals surface area contributed by atoms with Crippen LogP contribution in [0.4, 0.5) is 21.5 Å². The number of rotatable bonds is 4. The van der Waals surface area contributed by atoms with Crippen LogP contribution in [0, 0.1) is 27.3 Å². The van der Waals surface area contributed by atoms with E-state index in [1.165, 1.54) is 31.4 Å². The number of anilines is 2. The van der Waals surface area contributed by atoms with Crippen LogP contribution in [0.15, 0.2) is 36.4 Å². The lowest BCUT2D eigenvalue weighted by Gasteiger charge is -2.10. The van der Waals surface area contributed by atoms with Crippen LogP contribution in [0.1, 0.15) is 5.56 Å². The monoisotopic (exact) mass is 287 g/mol. The van der Waals surface area contributed by atoms with Crippen molar-refractivity contribution in [2.24, 2.45) is 0 Å². The molecule has 0 radical (unpaired) electrons. The Morgan fingerprint density at radius 3 is 2.71 bits per heavy atom. The van der Waals surface area contributed by atoms with Gasteiger partial charge in [-0.25, -0.2) is 4.39 Å². The highest BCUT2D eigenvalue weighted by Crippen LogP contribution is 2.27. The molecule has 0 saturated carbocycles. The zero-order chi connectivity index (χ0) is 15.4. The van der Waals surface area contributed by atoms with Gasteiger partial charge in [-0.15, -0.1) is 0 Å². The Labute approximate surface area is 119 Å². The van der Waals surface area contributed by atoms with Crippen LogP contribution in [-0.2, 0) is 0 Å². The van der Waals surface area contributed by atoms with Crippen molar-refractivity contribution >= 4 is 17.1 Å². The van der Waals surface area contributed by atoms with Gasteiger partial charge in [-0.05, 0) is 12.1 Å². The minimum atomic E-state index is -0.587. The second-order valence-corrected chi connectivity index (χ2v) is 4.10. The maximum atomic E-state index is 13.4. The summed E-state index contributed by atoms with van der Waals surface area (Å²) in [6.07, 6.45) is 0. The van der Waals surface area contributed by atoms with Gasteiger partial charge >= 0.3 is 0 Å². The summed E-state index contributed by atoms with van der Waals surface area (Å²) in [4.78, 5) is 10.1. The highest BCUT2D eigenvalue weighted by Gasteiger charge is 2.11. The molecule has 0 saturated heterocycles. The third kappa shape index (κ3) is 3.25. The molecule has 0 heterocycles. The molecule has 0 unspecified atom stereocenters. The predicted molar refractivity (Wildman–Crippen MR) is 74.0 cm³/mol. The normalized spacial score (nSPS) is 9.76. The van der Waals surface area contributed by atoms with Crippen molar-refractivity contribution in [1.82, 2.24) is 0 Å². The fourth-order valence-corrected chi connectivity index (χ4v) is 1.76. The van der Waals surface area contributed by atoms with E-state index in [9.17, 15) is 14.5 Å². The summed E-state index contributed by atoms with van der Waals surface area (Å²) in [6.45, 7) is 0. The van der Waals surface area contributed by atoms with Gasteiger partial charge in [0.15, 0.2) is 0 Å². The molecule has 2 aromatic rings. The molecular formula is C14H10FN3O3. The summed E-state index contributed by atoms with van der Waals surface area (Å²) in [7, 11) is 1.41. The molecule has 1 N–H and O–H groups in total. The molecule has 0 aromatic heterocycles. The maximum Gasteiger partial charge on any atom is 0.270 e. The van der Waals surface area contributed by atoms with E-state index in [2.05, 4.69) is 5.32 Å². The largest absolute Gasteiger partial charge is 0.497 e. The quantitative estimate of drug-likeness (QED) is 0.688. The first-order valence-corrected chi connectivity index (χ1v) is 5.83. The second kappa shape index (κ2) is 5.88. The van der Waals surface area contributed by atoms with E-state index in [1.54, 1.807) is 6.07 Å². The number of nitrogens with zero attached hydrogens (tertiary/aromatic N) is 2. The van der Waals surface area contributed by atoms with E-state index < -0.39 is 10.7 Å². The first-order chi connectivity index (χ1) is 10.0. The molecule has 2 aromatic carbocycles. The van der Waals surface area contributed by atoms with Crippen LogP contribution in [0.3, 0.4) is 0 Å². The molecule has 0 spiro atoms. The smallest absolute Gasteiger partial charge is 0.270 e. The van der Waals surface area contributed by atoms with Crippen LogP contribution in [0.2, 0.25) is 0 Å². The van der Waals surface area contributed by atoms with Crippen LogP contribution < -0.4 is 10.1 Å². The van der Waals surface area contributed by atoms with Crippen molar-refractivity contribution in [2.45, 2.75) is 0 Å². The van der Waals surface area contributed by atoms with Crippen molar-refractivity contribution in [3.63, 3.8) is 0 Å². The molecule has 2 rings (SSSR count). The first kappa shape index (κ1) is 14.3. The zero-order valence-corrected chi connectivity index (χ0v) is 11.0. The maximum absolute atomic E-state index is 13.4. The van der Waals surface area contributed by atoms with Crippen molar-refractivity contribution in [3.05, 3.63) is 57.9 Å². The van der Waals surface area contributed by atoms with Crippen LogP contribution in [-0.4, -0.2) is 12.0 Å². The fourth-order valence-electron chi connectivity index (χ4n) is 1.76. The summed E-state index contributed by atoms with van der Waals surface area (Å²) in [6, 6.07) is 9.66. The molecule has 21 heavy (non-hydrogen) atoms. The van der Waals surface area contributed by atoms with Crippen molar-refractivity contribution in [3.8, 4) is 11.8 Å². The van der Waals surface area contributed by atoms with Gasteiger partial charge in [-0.3, -0.25) is 10.1 Å². The Morgan fingerprint density at radius 2 is 2.10 bits per heavy atom. The zero-order valence-electron chi connectivity index (χ0n) is 11.0. The van der Waals surface area contributed by atoms with Gasteiger partial charge < -0.3 is 10.1 Å². The lowest BCUT2D eigenvalue weighted by atomic mass is 10.1. The number of ether oxygens (including phenoxy) is 1. The minimum Gasteiger partial charge on any atom is -0.497 e. The van der Waals surface area contributed by atoms with Gasteiger partial charge in [-0.1, -0.05) is 0 Å². The van der Waals surface area contributed by atoms with E-state index in [0.717, 1.165) is 6.07 Å². The summed E-state index contributed by atoms with van der Waals surface area (Å²) >= 11 is 0. The van der Waals surface area contributed by atoms with Gasteiger partial charge in [0.1, 0.15) is 17.6 Å². The summed E-state index contributed by atoms with van der Waals surface area (Å²) in [5.41, 5.74) is 0.620. The van der Waals surface area contributed by atoms with Crippen LogP contribution >= 0.6 is 0 Å². The Bertz CT molecular complexity index is 741. The predicted octanol–water partition coefficient (Wildman–Crippen LogP) is 3.36. The van der Waals surface area contributed by atoms with E-state index in [1.807, 2.05) is 6.07 Å². The molecule has 0 aliphatic carbocycles. The molecule has 106 valence electrons. The third-order valence-corrected chi connectivity index (χ3v) is 2.72. The van der Waals surface area contributed by atoms with Gasteiger partial charge in [0, 0.05) is 30.0 Å². The summed E-state index contributed by atoms with van der Waals surface area (Å²) < 4.78 is 18.3. The Kier molecular flexibility index (Phi) is 4.00. The third-order valence-electron chi connectivity index (χ3n) is 2.72. The van der Waals surface area contributed by atoms with Gasteiger partial charge in [0.2, 0.25) is 0 Å². The SMILES string of the molecule is COc1cc(F)cc(Nc2ccc([N+](=O)[O-])cc2C#N)c1. The van der Waals surface area contributed by atoms with Crippen LogP contribution in [0.5, 0.6) is 5.75 Å². The standard InChI is InChI=1S/C14H10FN3O3/c1-21-13-6-10(15)5-11(7-13)17-14-3-2-12(18(19)20)4-9(14)8-16/h2-7,17H,1H3. The number of methoxy groups -OCH3 is 1. The molecule has 0 amide bonds. The van der Waals surface area contributed by atoms with Crippen molar-refractivity contribution < 1.29 is 14.1 Å². The molecule has 7 heteroatoms. The molecule has 0 aliphatic heterocycles.